The minimum Gasteiger partial charge on any atom is -0.228 e. The number of nitrogens with zero attached hydrogens (tertiary/aromatic N) is 1. The summed E-state index contributed by atoms with van der Waals surface area (Å²) >= 11 is 0. The summed E-state index contributed by atoms with van der Waals surface area (Å²) < 4.78 is 37.6. The number of benzene rings is 1. The van der Waals surface area contributed by atoms with Crippen molar-refractivity contribution in [3.05, 3.63) is 35.1 Å². The van der Waals surface area contributed by atoms with E-state index in [0.717, 1.165) is 6.07 Å². The summed E-state index contributed by atoms with van der Waals surface area (Å²) in [6, 6.07) is 5.62. The Bertz CT molecular complexity index is 573. The van der Waals surface area contributed by atoms with E-state index in [1.807, 2.05) is 19.9 Å². The zero-order valence-corrected chi connectivity index (χ0v) is 11.5. The van der Waals surface area contributed by atoms with E-state index in [-0.39, 0.29) is 22.8 Å². The van der Waals surface area contributed by atoms with Crippen LogP contribution in [0.5, 0.6) is 0 Å². The van der Waals surface area contributed by atoms with E-state index in [1.165, 1.54) is 12.1 Å². The van der Waals surface area contributed by atoms with Crippen LogP contribution in [0.2, 0.25) is 0 Å². The molecule has 0 amide bonds. The van der Waals surface area contributed by atoms with Crippen LogP contribution in [-0.4, -0.2) is 13.7 Å². The molecule has 0 radical (unpaired) electrons. The molecule has 18 heavy (non-hydrogen) atoms. The van der Waals surface area contributed by atoms with E-state index >= 15 is 0 Å². The molecule has 1 aromatic carbocycles. The first-order valence-corrected chi connectivity index (χ1v) is 7.39. The van der Waals surface area contributed by atoms with Crippen molar-refractivity contribution in [2.75, 3.05) is 0 Å². The molecule has 0 fully saturated rings. The van der Waals surface area contributed by atoms with E-state index in [9.17, 15) is 12.8 Å². The lowest BCUT2D eigenvalue weighted by molar-refractivity contribution is 0.542. The van der Waals surface area contributed by atoms with Crippen LogP contribution in [0.25, 0.3) is 0 Å². The number of hydrogen-bond donors (Lipinski definition) is 0. The van der Waals surface area contributed by atoms with Gasteiger partial charge in [-0.05, 0) is 31.0 Å². The number of halogens is 1. The Labute approximate surface area is 107 Å². The second-order valence-corrected chi connectivity index (χ2v) is 7.03. The molecule has 0 spiro atoms. The van der Waals surface area contributed by atoms with Crippen molar-refractivity contribution in [2.24, 2.45) is 5.92 Å². The fourth-order valence-electron chi connectivity index (χ4n) is 1.52. The number of hydrogen-bond acceptors (Lipinski definition) is 3. The molecule has 1 rings (SSSR count). The Balaban J connectivity index is 3.09. The molecule has 0 aliphatic heterocycles. The Hall–Kier alpha value is -1.41. The third kappa shape index (κ3) is 3.30. The Morgan fingerprint density at radius 3 is 2.44 bits per heavy atom. The molecular formula is C13H16FNO2S. The number of sulfone groups is 1. The topological polar surface area (TPSA) is 57.9 Å². The van der Waals surface area contributed by atoms with Crippen molar-refractivity contribution < 1.29 is 12.8 Å². The van der Waals surface area contributed by atoms with Gasteiger partial charge in [0.1, 0.15) is 5.82 Å². The van der Waals surface area contributed by atoms with Crippen molar-refractivity contribution in [3.63, 3.8) is 0 Å². The fourth-order valence-corrected chi connectivity index (χ4v) is 3.26. The molecule has 0 aromatic heterocycles. The Morgan fingerprint density at radius 2 is 1.94 bits per heavy atom. The Morgan fingerprint density at radius 1 is 1.33 bits per heavy atom. The molecule has 1 atom stereocenters. The normalized spacial score (nSPS) is 13.3. The molecule has 1 aromatic rings. The van der Waals surface area contributed by atoms with E-state index in [0.29, 0.717) is 0 Å². The second kappa shape index (κ2) is 5.49. The minimum atomic E-state index is -3.41. The van der Waals surface area contributed by atoms with Gasteiger partial charge in [-0.2, -0.15) is 5.26 Å². The van der Waals surface area contributed by atoms with Crippen molar-refractivity contribution >= 4 is 9.84 Å². The molecule has 0 aliphatic rings. The first-order chi connectivity index (χ1) is 8.27. The first kappa shape index (κ1) is 14.7. The van der Waals surface area contributed by atoms with Crippen LogP contribution in [0.4, 0.5) is 4.39 Å². The maximum absolute atomic E-state index is 13.5. The molecule has 0 aliphatic carbocycles. The predicted octanol–water partition coefficient (Wildman–Crippen LogP) is 2.66. The molecule has 0 N–H and O–H groups in total. The lowest BCUT2D eigenvalue weighted by Crippen LogP contribution is -2.25. The molecular weight excluding hydrogens is 253 g/mol. The summed E-state index contributed by atoms with van der Waals surface area (Å²) in [7, 11) is -3.41. The highest BCUT2D eigenvalue weighted by atomic mass is 32.2. The maximum atomic E-state index is 13.5. The molecule has 0 saturated heterocycles. The molecule has 3 nitrogen and oxygen atoms in total. The SMILES string of the molecule is CC(C)C(C)S(=O)(=O)Cc1cc(C#N)ccc1F. The van der Waals surface area contributed by atoms with E-state index in [1.54, 1.807) is 6.92 Å². The van der Waals surface area contributed by atoms with Crippen LogP contribution in [0.1, 0.15) is 31.9 Å². The van der Waals surface area contributed by atoms with Crippen LogP contribution in [0.3, 0.4) is 0 Å². The standard InChI is InChI=1S/C13H16FNO2S/c1-9(2)10(3)18(16,17)8-12-6-11(7-15)4-5-13(12)14/h4-6,9-10H,8H2,1-3H3. The van der Waals surface area contributed by atoms with Gasteiger partial charge < -0.3 is 0 Å². The van der Waals surface area contributed by atoms with Crippen LogP contribution in [-0.2, 0) is 15.6 Å². The maximum Gasteiger partial charge on any atom is 0.157 e. The predicted molar refractivity (Wildman–Crippen MR) is 68.0 cm³/mol. The third-order valence-corrected chi connectivity index (χ3v) is 5.43. The monoisotopic (exact) mass is 269 g/mol. The molecule has 1 unspecified atom stereocenters. The van der Waals surface area contributed by atoms with E-state index in [2.05, 4.69) is 0 Å². The smallest absolute Gasteiger partial charge is 0.157 e. The molecule has 0 bridgehead atoms. The Kier molecular flexibility index (Phi) is 4.47. The van der Waals surface area contributed by atoms with Gasteiger partial charge in [0.25, 0.3) is 0 Å². The van der Waals surface area contributed by atoms with Gasteiger partial charge in [0, 0.05) is 5.56 Å². The summed E-state index contributed by atoms with van der Waals surface area (Å²) in [5.41, 5.74) is 0.320. The van der Waals surface area contributed by atoms with Gasteiger partial charge in [0.15, 0.2) is 9.84 Å². The highest BCUT2D eigenvalue weighted by Gasteiger charge is 2.25. The second-order valence-electron chi connectivity index (χ2n) is 4.67. The van der Waals surface area contributed by atoms with Crippen molar-refractivity contribution in [2.45, 2.75) is 31.8 Å². The lowest BCUT2D eigenvalue weighted by Gasteiger charge is -2.16. The molecule has 0 heterocycles. The van der Waals surface area contributed by atoms with E-state index in [4.69, 9.17) is 5.26 Å². The number of rotatable bonds is 4. The van der Waals surface area contributed by atoms with Crippen LogP contribution in [0.15, 0.2) is 18.2 Å². The van der Waals surface area contributed by atoms with Gasteiger partial charge in [0.2, 0.25) is 0 Å². The third-order valence-electron chi connectivity index (χ3n) is 3.04. The summed E-state index contributed by atoms with van der Waals surface area (Å²) in [6.45, 7) is 5.24. The highest BCUT2D eigenvalue weighted by Crippen LogP contribution is 2.19. The quantitative estimate of drug-likeness (QED) is 0.844. The first-order valence-electron chi connectivity index (χ1n) is 5.68. The molecule has 5 heteroatoms. The fraction of sp³-hybridized carbons (Fsp3) is 0.462. The number of nitriles is 1. The largest absolute Gasteiger partial charge is 0.228 e. The van der Waals surface area contributed by atoms with Gasteiger partial charge in [-0.1, -0.05) is 13.8 Å². The van der Waals surface area contributed by atoms with Crippen molar-refractivity contribution in [3.8, 4) is 6.07 Å². The summed E-state index contributed by atoms with van der Waals surface area (Å²) in [6.07, 6.45) is 0. The average Bonchev–Trinajstić information content (AvgIpc) is 2.30. The summed E-state index contributed by atoms with van der Waals surface area (Å²) in [4.78, 5) is 0. The van der Waals surface area contributed by atoms with E-state index < -0.39 is 20.9 Å². The van der Waals surface area contributed by atoms with Crippen molar-refractivity contribution in [1.82, 2.24) is 0 Å². The van der Waals surface area contributed by atoms with Gasteiger partial charge in [-0.3, -0.25) is 0 Å². The molecule has 98 valence electrons. The summed E-state index contributed by atoms with van der Waals surface area (Å²) in [5.74, 6) is -0.987. The zero-order chi connectivity index (χ0) is 13.9. The van der Waals surface area contributed by atoms with Gasteiger partial charge >= 0.3 is 0 Å². The lowest BCUT2D eigenvalue weighted by atomic mass is 10.1. The van der Waals surface area contributed by atoms with Gasteiger partial charge in [0.05, 0.1) is 22.6 Å². The highest BCUT2D eigenvalue weighted by molar-refractivity contribution is 7.91. The van der Waals surface area contributed by atoms with Gasteiger partial charge in [-0.25, -0.2) is 12.8 Å². The van der Waals surface area contributed by atoms with Crippen LogP contribution >= 0.6 is 0 Å². The minimum absolute atomic E-state index is 0.0304. The summed E-state index contributed by atoms with van der Waals surface area (Å²) in [5, 5.41) is 8.19. The van der Waals surface area contributed by atoms with Crippen LogP contribution < -0.4 is 0 Å². The molecule has 0 saturated carbocycles. The van der Waals surface area contributed by atoms with Crippen LogP contribution in [0, 0.1) is 23.1 Å². The van der Waals surface area contributed by atoms with Gasteiger partial charge in [-0.15, -0.1) is 0 Å². The zero-order valence-electron chi connectivity index (χ0n) is 10.6. The average molecular weight is 269 g/mol. The van der Waals surface area contributed by atoms with Crippen molar-refractivity contribution in [1.29, 1.82) is 5.26 Å².